The van der Waals surface area contributed by atoms with Gasteiger partial charge in [0.2, 0.25) is 0 Å². The Morgan fingerprint density at radius 2 is 1.83 bits per heavy atom. The van der Waals surface area contributed by atoms with E-state index in [1.807, 2.05) is 61.5 Å². The maximum Gasteiger partial charge on any atom is 0.191 e. The minimum Gasteiger partial charge on any atom is -0.497 e. The van der Waals surface area contributed by atoms with Gasteiger partial charge in [0.05, 0.1) is 13.7 Å². The minimum atomic E-state index is 0.387. The molecule has 3 rings (SSSR count). The molecule has 0 bridgehead atoms. The Morgan fingerprint density at radius 1 is 1.03 bits per heavy atom. The molecule has 3 aromatic rings. The van der Waals surface area contributed by atoms with Gasteiger partial charge in [-0.3, -0.25) is 5.10 Å². The number of aliphatic imine (C=N–C) groups is 1. The summed E-state index contributed by atoms with van der Waals surface area (Å²) >= 11 is 0. The van der Waals surface area contributed by atoms with E-state index >= 15 is 0 Å². The molecule has 8 heteroatoms. The number of nitrogens with one attached hydrogen (secondary N) is 3. The Kier molecular flexibility index (Phi) is 7.45. The molecule has 0 radical (unpaired) electrons. The standard InChI is InChI=1S/C21H26N6O2/c1-3-22-21(23-13-14-29-18-7-5-4-6-8-18)24-15-19-25-20(27-26-19)16-9-11-17(28-2)12-10-16/h4-12H,3,13-15H2,1-2H3,(H2,22,23,24)(H,25,26,27). The molecule has 0 aliphatic rings. The van der Waals surface area contributed by atoms with Crippen LogP contribution in [0.4, 0.5) is 0 Å². The number of methoxy groups -OCH3 is 1. The van der Waals surface area contributed by atoms with Gasteiger partial charge in [0.1, 0.15) is 30.5 Å². The van der Waals surface area contributed by atoms with E-state index in [1.54, 1.807) is 7.11 Å². The third-order valence-corrected chi connectivity index (χ3v) is 4.02. The van der Waals surface area contributed by atoms with Crippen molar-refractivity contribution in [2.24, 2.45) is 4.99 Å². The van der Waals surface area contributed by atoms with E-state index in [2.05, 4.69) is 30.8 Å². The fraction of sp³-hybridized carbons (Fsp3) is 0.286. The van der Waals surface area contributed by atoms with Crippen molar-refractivity contribution >= 4 is 5.96 Å². The first kappa shape index (κ1) is 20.2. The smallest absolute Gasteiger partial charge is 0.191 e. The molecule has 0 fully saturated rings. The van der Waals surface area contributed by atoms with Gasteiger partial charge >= 0.3 is 0 Å². The molecule has 0 unspecified atom stereocenters. The van der Waals surface area contributed by atoms with Crippen molar-refractivity contribution in [1.29, 1.82) is 0 Å². The number of aromatic amines is 1. The zero-order valence-electron chi connectivity index (χ0n) is 16.7. The van der Waals surface area contributed by atoms with Crippen LogP contribution in [0.5, 0.6) is 11.5 Å². The summed E-state index contributed by atoms with van der Waals surface area (Å²) < 4.78 is 10.9. The van der Waals surface area contributed by atoms with Gasteiger partial charge in [0, 0.05) is 12.1 Å². The highest BCUT2D eigenvalue weighted by Gasteiger charge is 2.06. The molecule has 0 atom stereocenters. The zero-order chi connectivity index (χ0) is 20.3. The zero-order valence-corrected chi connectivity index (χ0v) is 16.7. The highest BCUT2D eigenvalue weighted by Crippen LogP contribution is 2.19. The molecule has 2 aromatic carbocycles. The molecule has 152 valence electrons. The number of nitrogens with zero attached hydrogens (tertiary/aromatic N) is 3. The Balaban J connectivity index is 1.52. The van der Waals surface area contributed by atoms with Crippen LogP contribution < -0.4 is 20.1 Å². The molecule has 0 aliphatic heterocycles. The predicted molar refractivity (Wildman–Crippen MR) is 113 cm³/mol. The summed E-state index contributed by atoms with van der Waals surface area (Å²) in [6.07, 6.45) is 0. The maximum absolute atomic E-state index is 5.68. The van der Waals surface area contributed by atoms with E-state index in [4.69, 9.17) is 9.47 Å². The Hall–Kier alpha value is -3.55. The number of hydrogen-bond acceptors (Lipinski definition) is 5. The van der Waals surface area contributed by atoms with Gasteiger partial charge in [-0.1, -0.05) is 18.2 Å². The molecule has 29 heavy (non-hydrogen) atoms. The van der Waals surface area contributed by atoms with Gasteiger partial charge in [-0.05, 0) is 43.3 Å². The fourth-order valence-corrected chi connectivity index (χ4v) is 2.59. The second-order valence-electron chi connectivity index (χ2n) is 6.12. The van der Waals surface area contributed by atoms with Crippen LogP contribution >= 0.6 is 0 Å². The highest BCUT2D eigenvalue weighted by atomic mass is 16.5. The monoisotopic (exact) mass is 394 g/mol. The first-order valence-electron chi connectivity index (χ1n) is 9.54. The maximum atomic E-state index is 5.68. The lowest BCUT2D eigenvalue weighted by Gasteiger charge is -2.11. The second kappa shape index (κ2) is 10.7. The summed E-state index contributed by atoms with van der Waals surface area (Å²) in [5, 5.41) is 13.7. The average molecular weight is 394 g/mol. The first-order chi connectivity index (χ1) is 14.3. The number of hydrogen-bond donors (Lipinski definition) is 3. The van der Waals surface area contributed by atoms with E-state index in [0.717, 1.165) is 23.6 Å². The van der Waals surface area contributed by atoms with E-state index < -0.39 is 0 Å². The lowest BCUT2D eigenvalue weighted by atomic mass is 10.2. The summed E-state index contributed by atoms with van der Waals surface area (Å²) in [6.45, 7) is 4.34. The second-order valence-corrected chi connectivity index (χ2v) is 6.12. The lowest BCUT2D eigenvalue weighted by Crippen LogP contribution is -2.39. The van der Waals surface area contributed by atoms with Crippen LogP contribution in [-0.4, -0.2) is 47.9 Å². The van der Waals surface area contributed by atoms with Gasteiger partial charge in [0.25, 0.3) is 0 Å². The van der Waals surface area contributed by atoms with Gasteiger partial charge in [-0.2, -0.15) is 5.10 Å². The third-order valence-electron chi connectivity index (χ3n) is 4.02. The number of ether oxygens (including phenoxy) is 2. The molecule has 1 heterocycles. The van der Waals surface area contributed by atoms with Crippen molar-refractivity contribution in [3.8, 4) is 22.9 Å². The number of guanidine groups is 1. The van der Waals surface area contributed by atoms with E-state index in [1.165, 1.54) is 0 Å². The molecule has 0 spiro atoms. The molecule has 0 saturated carbocycles. The number of aromatic nitrogens is 3. The largest absolute Gasteiger partial charge is 0.497 e. The summed E-state index contributed by atoms with van der Waals surface area (Å²) in [5.41, 5.74) is 0.917. The van der Waals surface area contributed by atoms with Gasteiger partial charge in [-0.15, -0.1) is 0 Å². The van der Waals surface area contributed by atoms with Gasteiger partial charge in [-0.25, -0.2) is 9.98 Å². The summed E-state index contributed by atoms with van der Waals surface area (Å²) in [4.78, 5) is 9.06. The summed E-state index contributed by atoms with van der Waals surface area (Å²) in [6, 6.07) is 17.3. The van der Waals surface area contributed by atoms with Crippen LogP contribution in [0.3, 0.4) is 0 Å². The summed E-state index contributed by atoms with van der Waals surface area (Å²) in [7, 11) is 1.64. The van der Waals surface area contributed by atoms with Crippen LogP contribution in [0.2, 0.25) is 0 Å². The Morgan fingerprint density at radius 3 is 2.55 bits per heavy atom. The van der Waals surface area contributed by atoms with Crippen LogP contribution in [-0.2, 0) is 6.54 Å². The molecule has 3 N–H and O–H groups in total. The molecule has 0 amide bonds. The topological polar surface area (TPSA) is 96.5 Å². The molecule has 0 aliphatic carbocycles. The Labute approximate surface area is 170 Å². The van der Waals surface area contributed by atoms with Crippen molar-refractivity contribution in [1.82, 2.24) is 25.8 Å². The average Bonchev–Trinajstić information content (AvgIpc) is 3.25. The first-order valence-corrected chi connectivity index (χ1v) is 9.54. The van der Waals surface area contributed by atoms with Crippen molar-refractivity contribution in [3.05, 3.63) is 60.4 Å². The molecule has 1 aromatic heterocycles. The fourth-order valence-electron chi connectivity index (χ4n) is 2.59. The van der Waals surface area contributed by atoms with E-state index in [9.17, 15) is 0 Å². The lowest BCUT2D eigenvalue weighted by molar-refractivity contribution is 0.322. The van der Waals surface area contributed by atoms with Gasteiger partial charge in [0.15, 0.2) is 11.8 Å². The number of para-hydroxylation sites is 1. The SMILES string of the molecule is CCNC(=NCc1nc(-c2ccc(OC)cc2)n[nH]1)NCCOc1ccccc1. The molecule has 0 saturated heterocycles. The van der Waals surface area contributed by atoms with Crippen LogP contribution in [0.1, 0.15) is 12.7 Å². The van der Waals surface area contributed by atoms with Crippen molar-refractivity contribution < 1.29 is 9.47 Å². The number of benzene rings is 2. The molecule has 8 nitrogen and oxygen atoms in total. The van der Waals surface area contributed by atoms with Gasteiger partial charge < -0.3 is 20.1 Å². The molecular formula is C21H26N6O2. The predicted octanol–water partition coefficient (Wildman–Crippen LogP) is 2.61. The molecular weight excluding hydrogens is 368 g/mol. The normalized spacial score (nSPS) is 11.2. The van der Waals surface area contributed by atoms with Crippen molar-refractivity contribution in [3.63, 3.8) is 0 Å². The minimum absolute atomic E-state index is 0.387. The van der Waals surface area contributed by atoms with Crippen molar-refractivity contribution in [2.75, 3.05) is 26.8 Å². The highest BCUT2D eigenvalue weighted by molar-refractivity contribution is 5.79. The number of H-pyrrole nitrogens is 1. The number of rotatable bonds is 9. The quantitative estimate of drug-likeness (QED) is 0.293. The van der Waals surface area contributed by atoms with Crippen molar-refractivity contribution in [2.45, 2.75) is 13.5 Å². The van der Waals surface area contributed by atoms with E-state index in [0.29, 0.717) is 37.3 Å². The Bertz CT molecular complexity index is 893. The summed E-state index contributed by atoms with van der Waals surface area (Å²) in [5.74, 6) is 3.67. The van der Waals surface area contributed by atoms with Crippen LogP contribution in [0, 0.1) is 0 Å². The van der Waals surface area contributed by atoms with Crippen LogP contribution in [0.15, 0.2) is 59.6 Å². The van der Waals surface area contributed by atoms with E-state index in [-0.39, 0.29) is 0 Å². The van der Waals surface area contributed by atoms with Crippen LogP contribution in [0.25, 0.3) is 11.4 Å². The third kappa shape index (κ3) is 6.24.